The highest BCUT2D eigenvalue weighted by Gasteiger charge is 2.26. The fourth-order valence-electron chi connectivity index (χ4n) is 3.15. The van der Waals surface area contributed by atoms with Gasteiger partial charge >= 0.3 is 0 Å². The van der Waals surface area contributed by atoms with Crippen molar-refractivity contribution in [1.82, 2.24) is 14.7 Å². The number of fused-ring (bicyclic) bond motifs is 1. The summed E-state index contributed by atoms with van der Waals surface area (Å²) >= 11 is 0. The number of hydrogen-bond donors (Lipinski definition) is 1. The van der Waals surface area contributed by atoms with E-state index in [0.29, 0.717) is 6.42 Å². The van der Waals surface area contributed by atoms with Gasteiger partial charge in [-0.1, -0.05) is 18.2 Å². The van der Waals surface area contributed by atoms with E-state index in [2.05, 4.69) is 5.10 Å². The third-order valence-corrected chi connectivity index (χ3v) is 4.25. The van der Waals surface area contributed by atoms with Gasteiger partial charge in [0.1, 0.15) is 6.54 Å². The number of nitrogens with zero attached hydrogens (tertiary/aromatic N) is 3. The smallest absolute Gasteiger partial charge is 0.244 e. The van der Waals surface area contributed by atoms with E-state index in [0.717, 1.165) is 36.7 Å². The first-order valence-corrected chi connectivity index (χ1v) is 7.60. The molecule has 1 N–H and O–H groups in total. The molecule has 1 unspecified atom stereocenters. The lowest BCUT2D eigenvalue weighted by atomic mass is 9.99. The van der Waals surface area contributed by atoms with Gasteiger partial charge in [0, 0.05) is 24.6 Å². The quantitative estimate of drug-likeness (QED) is 0.933. The van der Waals surface area contributed by atoms with Crippen LogP contribution in [0.25, 0.3) is 10.9 Å². The molecule has 0 radical (unpaired) electrons. The molecule has 112 valence electrons. The number of carbonyl (C=O) groups excluding carboxylic acids is 1. The van der Waals surface area contributed by atoms with E-state index in [4.69, 9.17) is 5.11 Å². The van der Waals surface area contributed by atoms with Gasteiger partial charge < -0.3 is 10.0 Å². The largest absolute Gasteiger partial charge is 0.396 e. The molecule has 1 saturated heterocycles. The second-order valence-electron chi connectivity index (χ2n) is 5.61. The number of amides is 1. The molecule has 5 heteroatoms. The van der Waals surface area contributed by atoms with Gasteiger partial charge in [0.15, 0.2) is 0 Å². The van der Waals surface area contributed by atoms with Crippen molar-refractivity contribution in [2.24, 2.45) is 0 Å². The highest BCUT2D eigenvalue weighted by atomic mass is 16.3. The van der Waals surface area contributed by atoms with Crippen molar-refractivity contribution >= 4 is 16.8 Å². The lowest BCUT2D eigenvalue weighted by Gasteiger charge is -2.35. The van der Waals surface area contributed by atoms with Gasteiger partial charge in [-0.25, -0.2) is 0 Å². The summed E-state index contributed by atoms with van der Waals surface area (Å²) in [5.41, 5.74) is 0.988. The summed E-state index contributed by atoms with van der Waals surface area (Å²) in [6, 6.07) is 8.09. The molecule has 2 heterocycles. The maximum Gasteiger partial charge on any atom is 0.244 e. The monoisotopic (exact) mass is 287 g/mol. The predicted molar refractivity (Wildman–Crippen MR) is 80.8 cm³/mol. The summed E-state index contributed by atoms with van der Waals surface area (Å²) in [4.78, 5) is 14.5. The number of likely N-dealkylation sites (tertiary alicyclic amines) is 1. The van der Waals surface area contributed by atoms with E-state index in [1.807, 2.05) is 29.2 Å². The van der Waals surface area contributed by atoms with Crippen molar-refractivity contribution < 1.29 is 9.90 Å². The standard InChI is InChI=1S/C16H21N3O2/c20-10-8-14-6-3-4-9-18(14)16(21)12-19-15-7-2-1-5-13(15)11-17-19/h1-2,5,7,11,14,20H,3-4,6,8-10,12H2. The van der Waals surface area contributed by atoms with Crippen molar-refractivity contribution in [2.45, 2.75) is 38.3 Å². The van der Waals surface area contributed by atoms with Crippen LogP contribution in [0.15, 0.2) is 30.5 Å². The van der Waals surface area contributed by atoms with Crippen LogP contribution in [0.5, 0.6) is 0 Å². The van der Waals surface area contributed by atoms with Gasteiger partial charge in [-0.2, -0.15) is 5.10 Å². The molecule has 0 saturated carbocycles. The number of benzene rings is 1. The Morgan fingerprint density at radius 2 is 2.19 bits per heavy atom. The molecule has 1 aliphatic heterocycles. The van der Waals surface area contributed by atoms with E-state index >= 15 is 0 Å². The van der Waals surface area contributed by atoms with E-state index in [1.54, 1.807) is 10.9 Å². The molecule has 1 aliphatic rings. The molecule has 0 spiro atoms. The van der Waals surface area contributed by atoms with E-state index < -0.39 is 0 Å². The van der Waals surface area contributed by atoms with Crippen LogP contribution in [-0.4, -0.2) is 44.9 Å². The molecular formula is C16H21N3O2. The zero-order chi connectivity index (χ0) is 14.7. The summed E-state index contributed by atoms with van der Waals surface area (Å²) in [5.74, 6) is 0.0991. The minimum absolute atomic E-state index is 0.0991. The molecule has 5 nitrogen and oxygen atoms in total. The van der Waals surface area contributed by atoms with Crippen molar-refractivity contribution in [3.8, 4) is 0 Å². The first-order valence-electron chi connectivity index (χ1n) is 7.60. The minimum Gasteiger partial charge on any atom is -0.396 e. The molecule has 1 fully saturated rings. The molecule has 1 aromatic carbocycles. The first kappa shape index (κ1) is 14.1. The van der Waals surface area contributed by atoms with Crippen LogP contribution < -0.4 is 0 Å². The summed E-state index contributed by atoms with van der Waals surface area (Å²) in [5, 5.41) is 14.5. The molecular weight excluding hydrogens is 266 g/mol. The Morgan fingerprint density at radius 1 is 1.33 bits per heavy atom. The molecule has 3 rings (SSSR count). The average molecular weight is 287 g/mol. The first-order chi connectivity index (χ1) is 10.3. The van der Waals surface area contributed by atoms with Crippen molar-refractivity contribution in [3.63, 3.8) is 0 Å². The van der Waals surface area contributed by atoms with Gasteiger partial charge in [-0.05, 0) is 31.7 Å². The Labute approximate surface area is 124 Å². The maximum atomic E-state index is 12.6. The minimum atomic E-state index is 0.0991. The molecule has 1 amide bonds. The molecule has 1 atom stereocenters. The summed E-state index contributed by atoms with van der Waals surface area (Å²) < 4.78 is 1.77. The van der Waals surface area contributed by atoms with Gasteiger partial charge in [-0.3, -0.25) is 9.48 Å². The molecule has 2 aromatic rings. The lowest BCUT2D eigenvalue weighted by molar-refractivity contribution is -0.136. The highest BCUT2D eigenvalue weighted by molar-refractivity contribution is 5.82. The number of para-hydroxylation sites is 1. The van der Waals surface area contributed by atoms with Crippen LogP contribution in [0.1, 0.15) is 25.7 Å². The summed E-state index contributed by atoms with van der Waals surface area (Å²) in [7, 11) is 0. The second kappa shape index (κ2) is 6.26. The highest BCUT2D eigenvalue weighted by Crippen LogP contribution is 2.20. The Morgan fingerprint density at radius 3 is 3.05 bits per heavy atom. The fraction of sp³-hybridized carbons (Fsp3) is 0.500. The van der Waals surface area contributed by atoms with Gasteiger partial charge in [-0.15, -0.1) is 0 Å². The third-order valence-electron chi connectivity index (χ3n) is 4.25. The average Bonchev–Trinajstić information content (AvgIpc) is 2.91. The van der Waals surface area contributed by atoms with Crippen molar-refractivity contribution in [2.75, 3.05) is 13.2 Å². The van der Waals surface area contributed by atoms with Crippen molar-refractivity contribution in [3.05, 3.63) is 30.5 Å². The van der Waals surface area contributed by atoms with Gasteiger partial charge in [0.2, 0.25) is 5.91 Å². The number of carbonyl (C=O) groups is 1. The van der Waals surface area contributed by atoms with Gasteiger partial charge in [0.05, 0.1) is 11.7 Å². The number of aliphatic hydroxyl groups excluding tert-OH is 1. The van der Waals surface area contributed by atoms with Crippen LogP contribution in [-0.2, 0) is 11.3 Å². The van der Waals surface area contributed by atoms with Crippen LogP contribution in [0.4, 0.5) is 0 Å². The topological polar surface area (TPSA) is 58.4 Å². The molecule has 0 bridgehead atoms. The Balaban J connectivity index is 1.75. The lowest BCUT2D eigenvalue weighted by Crippen LogP contribution is -2.45. The number of piperidine rings is 1. The number of aliphatic hydroxyl groups is 1. The van der Waals surface area contributed by atoms with E-state index in [1.165, 1.54) is 0 Å². The molecule has 1 aromatic heterocycles. The summed E-state index contributed by atoms with van der Waals surface area (Å²) in [6.07, 6.45) is 5.65. The number of hydrogen-bond acceptors (Lipinski definition) is 3. The number of aromatic nitrogens is 2. The molecule has 21 heavy (non-hydrogen) atoms. The summed E-state index contributed by atoms with van der Waals surface area (Å²) in [6.45, 7) is 1.21. The van der Waals surface area contributed by atoms with Gasteiger partial charge in [0.25, 0.3) is 0 Å². The van der Waals surface area contributed by atoms with Crippen LogP contribution in [0.2, 0.25) is 0 Å². The van der Waals surface area contributed by atoms with Crippen molar-refractivity contribution in [1.29, 1.82) is 0 Å². The Hall–Kier alpha value is -1.88. The van der Waals surface area contributed by atoms with E-state index in [-0.39, 0.29) is 25.1 Å². The zero-order valence-corrected chi connectivity index (χ0v) is 12.1. The Kier molecular flexibility index (Phi) is 4.20. The zero-order valence-electron chi connectivity index (χ0n) is 12.1. The van der Waals surface area contributed by atoms with Crippen LogP contribution in [0, 0.1) is 0 Å². The SMILES string of the molecule is O=C(Cn1ncc2ccccc21)N1CCCCC1CCO. The van der Waals surface area contributed by atoms with Crippen LogP contribution in [0.3, 0.4) is 0 Å². The maximum absolute atomic E-state index is 12.6. The second-order valence-corrected chi connectivity index (χ2v) is 5.61. The predicted octanol–water partition coefficient (Wildman–Crippen LogP) is 1.80. The third kappa shape index (κ3) is 2.93. The Bertz CT molecular complexity index is 621. The van der Waals surface area contributed by atoms with Crippen LogP contribution >= 0.6 is 0 Å². The van der Waals surface area contributed by atoms with E-state index in [9.17, 15) is 4.79 Å². The number of rotatable bonds is 4. The normalized spacial score (nSPS) is 19.1. The fourth-order valence-corrected chi connectivity index (χ4v) is 3.15. The molecule has 0 aliphatic carbocycles.